The largest absolute Gasteiger partial charge is 0.381 e. The lowest BCUT2D eigenvalue weighted by Crippen LogP contribution is -2.26. The molecule has 2 fully saturated rings. The van der Waals surface area contributed by atoms with E-state index in [0.29, 0.717) is 5.92 Å². The van der Waals surface area contributed by atoms with Gasteiger partial charge in [0.1, 0.15) is 0 Å². The number of para-hydroxylation sites is 1. The molecule has 3 heterocycles. The Bertz CT molecular complexity index is 615. The van der Waals surface area contributed by atoms with Gasteiger partial charge in [0, 0.05) is 36.9 Å². The summed E-state index contributed by atoms with van der Waals surface area (Å²) in [6, 6.07) is 8.68. The number of H-pyrrole nitrogens is 1. The Morgan fingerprint density at radius 3 is 3.09 bits per heavy atom. The number of rotatable bonds is 4. The zero-order valence-corrected chi connectivity index (χ0v) is 13.3. The number of benzene rings is 1. The van der Waals surface area contributed by atoms with E-state index in [-0.39, 0.29) is 0 Å². The summed E-state index contributed by atoms with van der Waals surface area (Å²) in [6.45, 7) is 5.67. The first-order chi connectivity index (χ1) is 10.9. The van der Waals surface area contributed by atoms with Crippen molar-refractivity contribution in [2.45, 2.75) is 31.6 Å². The van der Waals surface area contributed by atoms with Gasteiger partial charge in [-0.1, -0.05) is 18.2 Å². The SMILES string of the molecule is c1ccc2c([C@H]3CCN(CC[C@H]4CCCOC4)C3)c[nH]c2c1. The molecule has 1 aromatic carbocycles. The lowest BCUT2D eigenvalue weighted by Gasteiger charge is -2.24. The zero-order chi connectivity index (χ0) is 14.8. The van der Waals surface area contributed by atoms with Gasteiger partial charge in [-0.2, -0.15) is 0 Å². The average molecular weight is 298 g/mol. The number of aromatic nitrogens is 1. The van der Waals surface area contributed by atoms with Crippen LogP contribution in [0, 0.1) is 5.92 Å². The molecule has 4 rings (SSSR count). The van der Waals surface area contributed by atoms with E-state index in [4.69, 9.17) is 4.74 Å². The maximum atomic E-state index is 5.60. The van der Waals surface area contributed by atoms with Crippen LogP contribution < -0.4 is 0 Å². The van der Waals surface area contributed by atoms with Gasteiger partial charge < -0.3 is 14.6 Å². The summed E-state index contributed by atoms with van der Waals surface area (Å²) in [7, 11) is 0. The van der Waals surface area contributed by atoms with E-state index in [1.54, 1.807) is 0 Å². The van der Waals surface area contributed by atoms with Crippen molar-refractivity contribution in [2.75, 3.05) is 32.8 Å². The lowest BCUT2D eigenvalue weighted by molar-refractivity contribution is 0.0481. The maximum Gasteiger partial charge on any atom is 0.0494 e. The van der Waals surface area contributed by atoms with Crippen LogP contribution in [-0.4, -0.2) is 42.7 Å². The van der Waals surface area contributed by atoms with Crippen molar-refractivity contribution < 1.29 is 4.74 Å². The minimum atomic E-state index is 0.693. The summed E-state index contributed by atoms with van der Waals surface area (Å²) in [5.41, 5.74) is 2.79. The fourth-order valence-corrected chi connectivity index (χ4v) is 4.12. The molecule has 2 saturated heterocycles. The standard InChI is InChI=1S/C19H26N2O/c1-2-6-19-17(5-1)18(12-20-19)16-8-10-21(13-16)9-7-15-4-3-11-22-14-15/h1-2,5-6,12,15-16,20H,3-4,7-11,13-14H2/t15-,16+/m1/s1. The Labute approximate surface area is 132 Å². The number of hydrogen-bond acceptors (Lipinski definition) is 2. The third kappa shape index (κ3) is 2.92. The first-order valence-corrected chi connectivity index (χ1v) is 8.76. The molecule has 118 valence electrons. The van der Waals surface area contributed by atoms with Gasteiger partial charge in [0.15, 0.2) is 0 Å². The molecule has 0 aliphatic carbocycles. The summed E-state index contributed by atoms with van der Waals surface area (Å²) in [5.74, 6) is 1.49. The van der Waals surface area contributed by atoms with Gasteiger partial charge in [0.2, 0.25) is 0 Å². The third-order valence-corrected chi connectivity index (χ3v) is 5.44. The predicted molar refractivity (Wildman–Crippen MR) is 90.3 cm³/mol. The third-order valence-electron chi connectivity index (χ3n) is 5.44. The van der Waals surface area contributed by atoms with Crippen molar-refractivity contribution in [1.82, 2.24) is 9.88 Å². The number of hydrogen-bond donors (Lipinski definition) is 1. The Balaban J connectivity index is 1.36. The second-order valence-corrected chi connectivity index (χ2v) is 6.95. The van der Waals surface area contributed by atoms with Crippen molar-refractivity contribution in [3.05, 3.63) is 36.0 Å². The highest BCUT2D eigenvalue weighted by atomic mass is 16.5. The van der Waals surface area contributed by atoms with E-state index in [1.165, 1.54) is 61.8 Å². The maximum absolute atomic E-state index is 5.60. The van der Waals surface area contributed by atoms with Gasteiger partial charge in [0.25, 0.3) is 0 Å². The van der Waals surface area contributed by atoms with Crippen molar-refractivity contribution >= 4 is 10.9 Å². The normalized spacial score (nSPS) is 26.7. The summed E-state index contributed by atoms with van der Waals surface area (Å²) < 4.78 is 5.60. The number of fused-ring (bicyclic) bond motifs is 1. The summed E-state index contributed by atoms with van der Waals surface area (Å²) in [6.07, 6.45) is 7.44. The molecule has 0 saturated carbocycles. The molecular weight excluding hydrogens is 272 g/mol. The number of nitrogens with zero attached hydrogens (tertiary/aromatic N) is 1. The summed E-state index contributed by atoms with van der Waals surface area (Å²) in [5, 5.41) is 1.41. The van der Waals surface area contributed by atoms with E-state index < -0.39 is 0 Å². The first kappa shape index (κ1) is 14.3. The highest BCUT2D eigenvalue weighted by Gasteiger charge is 2.26. The minimum Gasteiger partial charge on any atom is -0.381 e. The van der Waals surface area contributed by atoms with E-state index in [2.05, 4.69) is 40.3 Å². The first-order valence-electron chi connectivity index (χ1n) is 8.76. The molecule has 0 bridgehead atoms. The number of ether oxygens (including phenoxy) is 1. The van der Waals surface area contributed by atoms with Crippen LogP contribution in [-0.2, 0) is 4.74 Å². The van der Waals surface area contributed by atoms with E-state index >= 15 is 0 Å². The van der Waals surface area contributed by atoms with Crippen LogP contribution in [0.1, 0.15) is 37.2 Å². The Kier molecular flexibility index (Phi) is 4.17. The molecule has 0 spiro atoms. The van der Waals surface area contributed by atoms with Gasteiger partial charge >= 0.3 is 0 Å². The van der Waals surface area contributed by atoms with Crippen molar-refractivity contribution in [3.63, 3.8) is 0 Å². The molecule has 2 aromatic rings. The van der Waals surface area contributed by atoms with E-state index in [9.17, 15) is 0 Å². The van der Waals surface area contributed by atoms with Gasteiger partial charge in [-0.25, -0.2) is 0 Å². The fourth-order valence-electron chi connectivity index (χ4n) is 4.12. The quantitative estimate of drug-likeness (QED) is 0.930. The van der Waals surface area contributed by atoms with Gasteiger partial charge in [0.05, 0.1) is 0 Å². The fraction of sp³-hybridized carbons (Fsp3) is 0.579. The van der Waals surface area contributed by atoms with Gasteiger partial charge in [-0.05, 0) is 62.2 Å². The number of likely N-dealkylation sites (tertiary alicyclic amines) is 1. The average Bonchev–Trinajstić information content (AvgIpc) is 3.20. The molecule has 22 heavy (non-hydrogen) atoms. The van der Waals surface area contributed by atoms with Crippen LogP contribution in [0.3, 0.4) is 0 Å². The lowest BCUT2D eigenvalue weighted by atomic mass is 9.97. The second-order valence-electron chi connectivity index (χ2n) is 6.95. The zero-order valence-electron chi connectivity index (χ0n) is 13.3. The molecule has 3 nitrogen and oxygen atoms in total. The van der Waals surface area contributed by atoms with Crippen LogP contribution in [0.4, 0.5) is 0 Å². The topological polar surface area (TPSA) is 28.3 Å². The number of nitrogens with one attached hydrogen (secondary N) is 1. The number of aromatic amines is 1. The molecule has 2 aliphatic rings. The van der Waals surface area contributed by atoms with Crippen molar-refractivity contribution in [2.24, 2.45) is 5.92 Å². The molecular formula is C19H26N2O. The summed E-state index contributed by atoms with van der Waals surface area (Å²) >= 11 is 0. The summed E-state index contributed by atoms with van der Waals surface area (Å²) in [4.78, 5) is 6.08. The monoisotopic (exact) mass is 298 g/mol. The molecule has 0 unspecified atom stereocenters. The van der Waals surface area contributed by atoms with E-state index in [1.807, 2.05) is 0 Å². The minimum absolute atomic E-state index is 0.693. The van der Waals surface area contributed by atoms with Crippen LogP contribution in [0.25, 0.3) is 10.9 Å². The van der Waals surface area contributed by atoms with Gasteiger partial charge in [-0.3, -0.25) is 0 Å². The van der Waals surface area contributed by atoms with E-state index in [0.717, 1.165) is 19.1 Å². The molecule has 1 aromatic heterocycles. The van der Waals surface area contributed by atoms with Crippen LogP contribution in [0.5, 0.6) is 0 Å². The van der Waals surface area contributed by atoms with Gasteiger partial charge in [-0.15, -0.1) is 0 Å². The molecule has 2 aliphatic heterocycles. The highest BCUT2D eigenvalue weighted by Crippen LogP contribution is 2.32. The van der Waals surface area contributed by atoms with Crippen molar-refractivity contribution in [3.8, 4) is 0 Å². The second kappa shape index (κ2) is 6.43. The highest BCUT2D eigenvalue weighted by molar-refractivity contribution is 5.83. The predicted octanol–water partition coefficient (Wildman–Crippen LogP) is 3.77. The Hall–Kier alpha value is -1.32. The smallest absolute Gasteiger partial charge is 0.0494 e. The molecule has 0 amide bonds. The Morgan fingerprint density at radius 1 is 1.23 bits per heavy atom. The Morgan fingerprint density at radius 2 is 2.18 bits per heavy atom. The van der Waals surface area contributed by atoms with Crippen LogP contribution in [0.15, 0.2) is 30.5 Å². The van der Waals surface area contributed by atoms with Crippen LogP contribution >= 0.6 is 0 Å². The molecule has 3 heteroatoms. The molecule has 1 N–H and O–H groups in total. The van der Waals surface area contributed by atoms with Crippen LogP contribution in [0.2, 0.25) is 0 Å². The molecule has 2 atom stereocenters. The van der Waals surface area contributed by atoms with Crippen molar-refractivity contribution in [1.29, 1.82) is 0 Å². The molecule has 0 radical (unpaired) electrons.